The molecule has 6 heteroatoms. The smallest absolute Gasteiger partial charge is 0.203 e. The van der Waals surface area contributed by atoms with Crippen LogP contribution >= 0.6 is 0 Å². The first-order valence-corrected chi connectivity index (χ1v) is 6.49. The van der Waals surface area contributed by atoms with Crippen LogP contribution in [0.4, 0.5) is 0 Å². The van der Waals surface area contributed by atoms with E-state index in [1.54, 1.807) is 28.4 Å². The van der Waals surface area contributed by atoms with Gasteiger partial charge in [0.2, 0.25) is 5.75 Å². The second-order valence-corrected chi connectivity index (χ2v) is 4.42. The van der Waals surface area contributed by atoms with Crippen LogP contribution in [-0.2, 0) is 4.84 Å². The second kappa shape index (κ2) is 6.19. The molecule has 0 spiro atoms. The van der Waals surface area contributed by atoms with E-state index in [9.17, 15) is 0 Å². The zero-order chi connectivity index (χ0) is 14.7. The molecule has 0 amide bonds. The van der Waals surface area contributed by atoms with Crippen molar-refractivity contribution in [3.8, 4) is 23.0 Å². The van der Waals surface area contributed by atoms with Crippen molar-refractivity contribution in [1.29, 1.82) is 0 Å². The number of ether oxygens (including phenoxy) is 4. The molecule has 1 aliphatic rings. The van der Waals surface area contributed by atoms with E-state index in [0.29, 0.717) is 17.2 Å². The molecule has 0 saturated heterocycles. The number of rotatable bonds is 6. The van der Waals surface area contributed by atoms with Crippen molar-refractivity contribution in [2.24, 2.45) is 0 Å². The Hall–Kier alpha value is -1.66. The Morgan fingerprint density at radius 1 is 1.10 bits per heavy atom. The van der Waals surface area contributed by atoms with Crippen molar-refractivity contribution in [2.75, 3.05) is 28.4 Å². The molecule has 0 aromatic heterocycles. The molecule has 0 saturated carbocycles. The molecule has 2 unspecified atom stereocenters. The van der Waals surface area contributed by atoms with Gasteiger partial charge in [-0.25, -0.2) is 0 Å². The molecule has 0 bridgehead atoms. The van der Waals surface area contributed by atoms with E-state index in [0.717, 1.165) is 17.7 Å². The minimum atomic E-state index is -0.116. The van der Waals surface area contributed by atoms with Gasteiger partial charge < -0.3 is 23.8 Å². The van der Waals surface area contributed by atoms with Crippen LogP contribution < -0.4 is 24.4 Å². The van der Waals surface area contributed by atoms with Gasteiger partial charge in [-0.15, -0.1) is 0 Å². The molecule has 1 aromatic carbocycles. The summed E-state index contributed by atoms with van der Waals surface area (Å²) < 4.78 is 22.2. The van der Waals surface area contributed by atoms with Crippen LogP contribution in [0.3, 0.4) is 0 Å². The first kappa shape index (κ1) is 14.7. The molecule has 20 heavy (non-hydrogen) atoms. The molecule has 112 valence electrons. The number of benzene rings is 1. The molecular weight excluding hydrogens is 262 g/mol. The van der Waals surface area contributed by atoms with Gasteiger partial charge in [-0.05, 0) is 6.42 Å². The molecule has 2 rings (SSSR count). The zero-order valence-corrected chi connectivity index (χ0v) is 12.5. The van der Waals surface area contributed by atoms with E-state index in [4.69, 9.17) is 23.8 Å². The third-order valence-electron chi connectivity index (χ3n) is 3.44. The zero-order valence-electron chi connectivity index (χ0n) is 12.5. The topological polar surface area (TPSA) is 58.2 Å². The summed E-state index contributed by atoms with van der Waals surface area (Å²) in [6.07, 6.45) is 0.805. The minimum Gasteiger partial charge on any atom is -0.493 e. The van der Waals surface area contributed by atoms with E-state index in [2.05, 4.69) is 12.4 Å². The Kier molecular flexibility index (Phi) is 4.57. The summed E-state index contributed by atoms with van der Waals surface area (Å²) >= 11 is 0. The van der Waals surface area contributed by atoms with Gasteiger partial charge in [0.05, 0.1) is 34.0 Å². The molecule has 2 atom stereocenters. The Morgan fingerprint density at radius 3 is 2.30 bits per heavy atom. The number of hydroxylamine groups is 1. The summed E-state index contributed by atoms with van der Waals surface area (Å²) in [5.74, 6) is 2.46. The third-order valence-corrected chi connectivity index (χ3v) is 3.44. The molecule has 0 fully saturated rings. The maximum Gasteiger partial charge on any atom is 0.203 e. The predicted octanol–water partition coefficient (Wildman–Crippen LogP) is 2.08. The fourth-order valence-corrected chi connectivity index (χ4v) is 2.55. The van der Waals surface area contributed by atoms with Gasteiger partial charge in [-0.1, -0.05) is 6.92 Å². The Balaban J connectivity index is 2.58. The SMILES string of the molecule is CCC1Oc2cc(OC)c(OC)c(OC)c2C1NOC. The van der Waals surface area contributed by atoms with Gasteiger partial charge in [-0.2, -0.15) is 5.48 Å². The maximum absolute atomic E-state index is 5.95. The quantitative estimate of drug-likeness (QED) is 0.807. The van der Waals surface area contributed by atoms with Crippen LogP contribution in [0.25, 0.3) is 0 Å². The van der Waals surface area contributed by atoms with E-state index in [1.165, 1.54) is 0 Å². The van der Waals surface area contributed by atoms with Crippen molar-refractivity contribution in [3.63, 3.8) is 0 Å². The number of hydrogen-bond acceptors (Lipinski definition) is 6. The molecular formula is C14H21NO5. The van der Waals surface area contributed by atoms with Crippen LogP contribution in [0.1, 0.15) is 24.9 Å². The summed E-state index contributed by atoms with van der Waals surface area (Å²) in [6, 6.07) is 1.70. The highest BCUT2D eigenvalue weighted by Crippen LogP contribution is 2.52. The fraction of sp³-hybridized carbons (Fsp3) is 0.571. The summed E-state index contributed by atoms with van der Waals surface area (Å²) in [5.41, 5.74) is 3.85. The van der Waals surface area contributed by atoms with Crippen molar-refractivity contribution < 1.29 is 23.8 Å². The highest BCUT2D eigenvalue weighted by Gasteiger charge is 2.39. The van der Waals surface area contributed by atoms with Crippen LogP contribution in [0.15, 0.2) is 6.07 Å². The normalized spacial score (nSPS) is 20.2. The van der Waals surface area contributed by atoms with E-state index >= 15 is 0 Å². The predicted molar refractivity (Wildman–Crippen MR) is 73.7 cm³/mol. The molecule has 0 aliphatic carbocycles. The molecule has 0 radical (unpaired) electrons. The average Bonchev–Trinajstić information content (AvgIpc) is 2.83. The van der Waals surface area contributed by atoms with Crippen molar-refractivity contribution >= 4 is 0 Å². The first-order chi connectivity index (χ1) is 9.71. The van der Waals surface area contributed by atoms with Crippen molar-refractivity contribution in [1.82, 2.24) is 5.48 Å². The lowest BCUT2D eigenvalue weighted by atomic mass is 10.0. The van der Waals surface area contributed by atoms with Crippen molar-refractivity contribution in [3.05, 3.63) is 11.6 Å². The Bertz CT molecular complexity index is 477. The van der Waals surface area contributed by atoms with Crippen LogP contribution in [0.2, 0.25) is 0 Å². The lowest BCUT2D eigenvalue weighted by Gasteiger charge is -2.19. The summed E-state index contributed by atoms with van der Waals surface area (Å²) in [5, 5.41) is 0. The molecule has 1 N–H and O–H groups in total. The lowest BCUT2D eigenvalue weighted by Crippen LogP contribution is -2.30. The summed E-state index contributed by atoms with van der Waals surface area (Å²) in [7, 11) is 6.35. The van der Waals surface area contributed by atoms with Gasteiger partial charge in [0, 0.05) is 6.07 Å². The average molecular weight is 283 g/mol. The van der Waals surface area contributed by atoms with Gasteiger partial charge in [0.25, 0.3) is 0 Å². The maximum atomic E-state index is 5.95. The molecule has 1 heterocycles. The number of hydrogen-bond donors (Lipinski definition) is 1. The van der Waals surface area contributed by atoms with Crippen LogP contribution in [0.5, 0.6) is 23.0 Å². The Morgan fingerprint density at radius 2 is 1.80 bits per heavy atom. The Labute approximate surface area is 118 Å². The molecule has 6 nitrogen and oxygen atoms in total. The van der Waals surface area contributed by atoms with E-state index in [1.807, 2.05) is 6.07 Å². The number of nitrogens with one attached hydrogen (secondary N) is 1. The standard InChI is InChI=1S/C14H21NO5/c1-6-8-12(15-19-5)11-9(20-8)7-10(16-2)13(17-3)14(11)18-4/h7-8,12,15H,6H2,1-5H3. The largest absolute Gasteiger partial charge is 0.493 e. The minimum absolute atomic E-state index is 0.0318. The highest BCUT2D eigenvalue weighted by molar-refractivity contribution is 5.64. The fourth-order valence-electron chi connectivity index (χ4n) is 2.55. The summed E-state index contributed by atoms with van der Waals surface area (Å²) in [6.45, 7) is 2.06. The van der Waals surface area contributed by atoms with E-state index in [-0.39, 0.29) is 12.1 Å². The van der Waals surface area contributed by atoms with Gasteiger partial charge >= 0.3 is 0 Å². The third kappa shape index (κ3) is 2.25. The lowest BCUT2D eigenvalue weighted by molar-refractivity contribution is 0.0278. The monoisotopic (exact) mass is 283 g/mol. The second-order valence-electron chi connectivity index (χ2n) is 4.42. The van der Waals surface area contributed by atoms with Crippen LogP contribution in [-0.4, -0.2) is 34.5 Å². The number of fused-ring (bicyclic) bond motifs is 1. The summed E-state index contributed by atoms with van der Waals surface area (Å²) in [4.78, 5) is 5.09. The van der Waals surface area contributed by atoms with Crippen molar-refractivity contribution in [2.45, 2.75) is 25.5 Å². The molecule has 1 aromatic rings. The molecule has 1 aliphatic heterocycles. The van der Waals surface area contributed by atoms with E-state index < -0.39 is 0 Å². The van der Waals surface area contributed by atoms with Gasteiger partial charge in [-0.3, -0.25) is 0 Å². The van der Waals surface area contributed by atoms with Crippen LogP contribution in [0, 0.1) is 0 Å². The highest BCUT2D eigenvalue weighted by atomic mass is 16.6. The van der Waals surface area contributed by atoms with Gasteiger partial charge in [0.1, 0.15) is 17.9 Å². The number of methoxy groups -OCH3 is 3. The van der Waals surface area contributed by atoms with Gasteiger partial charge in [0.15, 0.2) is 11.5 Å². The first-order valence-electron chi connectivity index (χ1n) is 6.49.